The quantitative estimate of drug-likeness (QED) is 0.680. The number of halogens is 2. The van der Waals surface area contributed by atoms with E-state index >= 15 is 0 Å². The largest absolute Gasteiger partial charge is 0.310 e. The summed E-state index contributed by atoms with van der Waals surface area (Å²) in [7, 11) is 0. The number of nitrogens with one attached hydrogen (secondary N) is 1. The summed E-state index contributed by atoms with van der Waals surface area (Å²) >= 11 is 11.3. The first-order valence-electron chi connectivity index (χ1n) is 6.83. The van der Waals surface area contributed by atoms with E-state index in [2.05, 4.69) is 59.4 Å². The number of thiophene rings is 1. The lowest BCUT2D eigenvalue weighted by Gasteiger charge is -2.21. The van der Waals surface area contributed by atoms with E-state index in [1.807, 2.05) is 6.07 Å². The van der Waals surface area contributed by atoms with Crippen molar-refractivity contribution in [1.82, 2.24) is 5.32 Å². The molecule has 1 atom stereocenters. The Balaban J connectivity index is 2.24. The van der Waals surface area contributed by atoms with E-state index < -0.39 is 0 Å². The second-order valence-corrected chi connectivity index (χ2v) is 7.63. The predicted molar refractivity (Wildman–Crippen MR) is 92.9 cm³/mol. The van der Waals surface area contributed by atoms with E-state index in [9.17, 15) is 0 Å². The van der Waals surface area contributed by atoms with Gasteiger partial charge in [-0.25, -0.2) is 0 Å². The zero-order valence-corrected chi connectivity index (χ0v) is 14.9. The molecule has 0 aliphatic rings. The standard InChI is InChI=1S/C16H19BrClNS/c1-3-8-19-15(10-13-6-7-16(18)20-13)14-9-12(17)5-4-11(14)2/h4-7,9,15,19H,3,8,10H2,1-2H3. The second-order valence-electron chi connectivity index (χ2n) is 4.92. The summed E-state index contributed by atoms with van der Waals surface area (Å²) in [5.74, 6) is 0. The van der Waals surface area contributed by atoms with Crippen LogP contribution in [0.3, 0.4) is 0 Å². The molecule has 2 aromatic rings. The van der Waals surface area contributed by atoms with E-state index in [1.165, 1.54) is 16.0 Å². The van der Waals surface area contributed by atoms with Crippen LogP contribution in [-0.4, -0.2) is 6.54 Å². The molecule has 0 spiro atoms. The van der Waals surface area contributed by atoms with Crippen molar-refractivity contribution in [3.63, 3.8) is 0 Å². The molecule has 0 amide bonds. The van der Waals surface area contributed by atoms with Crippen LogP contribution in [0, 0.1) is 6.92 Å². The summed E-state index contributed by atoms with van der Waals surface area (Å²) in [6, 6.07) is 10.9. The van der Waals surface area contributed by atoms with Gasteiger partial charge in [0.25, 0.3) is 0 Å². The van der Waals surface area contributed by atoms with Crippen molar-refractivity contribution in [2.24, 2.45) is 0 Å². The number of rotatable bonds is 6. The van der Waals surface area contributed by atoms with Crippen molar-refractivity contribution in [3.05, 3.63) is 55.1 Å². The van der Waals surface area contributed by atoms with Crippen molar-refractivity contribution < 1.29 is 0 Å². The maximum absolute atomic E-state index is 6.04. The van der Waals surface area contributed by atoms with Gasteiger partial charge in [0.05, 0.1) is 4.34 Å². The summed E-state index contributed by atoms with van der Waals surface area (Å²) in [5.41, 5.74) is 2.68. The molecule has 1 nitrogen and oxygen atoms in total. The average molecular weight is 373 g/mol. The molecule has 108 valence electrons. The molecule has 0 radical (unpaired) electrons. The van der Waals surface area contributed by atoms with Crippen LogP contribution < -0.4 is 5.32 Å². The van der Waals surface area contributed by atoms with Gasteiger partial charge in [-0.15, -0.1) is 11.3 Å². The number of aryl methyl sites for hydroxylation is 1. The molecule has 0 bridgehead atoms. The summed E-state index contributed by atoms with van der Waals surface area (Å²) in [6.07, 6.45) is 2.11. The fourth-order valence-corrected chi connectivity index (χ4v) is 3.77. The average Bonchev–Trinajstić information content (AvgIpc) is 2.83. The molecule has 0 saturated carbocycles. The first-order chi connectivity index (χ1) is 9.60. The molecule has 1 aromatic heterocycles. The van der Waals surface area contributed by atoms with Crippen LogP contribution in [0.5, 0.6) is 0 Å². The maximum Gasteiger partial charge on any atom is 0.0931 e. The van der Waals surface area contributed by atoms with Gasteiger partial charge in [0.15, 0.2) is 0 Å². The molecule has 1 N–H and O–H groups in total. The number of benzene rings is 1. The smallest absolute Gasteiger partial charge is 0.0931 e. The number of hydrogen-bond acceptors (Lipinski definition) is 2. The Hall–Kier alpha value is -0.350. The van der Waals surface area contributed by atoms with Gasteiger partial charge in [-0.1, -0.05) is 40.5 Å². The minimum Gasteiger partial charge on any atom is -0.310 e. The zero-order chi connectivity index (χ0) is 14.5. The van der Waals surface area contributed by atoms with Crippen molar-refractivity contribution in [3.8, 4) is 0 Å². The summed E-state index contributed by atoms with van der Waals surface area (Å²) in [6.45, 7) is 5.39. The molecule has 0 aliphatic heterocycles. The highest BCUT2D eigenvalue weighted by Crippen LogP contribution is 2.29. The third-order valence-corrected chi connectivity index (χ3v) is 5.04. The summed E-state index contributed by atoms with van der Waals surface area (Å²) in [5, 5.41) is 3.65. The fraction of sp³-hybridized carbons (Fsp3) is 0.375. The van der Waals surface area contributed by atoms with Crippen LogP contribution in [0.15, 0.2) is 34.8 Å². The van der Waals surface area contributed by atoms with E-state index in [4.69, 9.17) is 11.6 Å². The lowest BCUT2D eigenvalue weighted by molar-refractivity contribution is 0.530. The normalized spacial score (nSPS) is 12.6. The van der Waals surface area contributed by atoms with E-state index in [0.29, 0.717) is 6.04 Å². The van der Waals surface area contributed by atoms with Crippen LogP contribution in [0.4, 0.5) is 0 Å². The minimum absolute atomic E-state index is 0.335. The number of hydrogen-bond donors (Lipinski definition) is 1. The molecule has 0 aliphatic carbocycles. The molecule has 2 rings (SSSR count). The van der Waals surface area contributed by atoms with Gasteiger partial charge in [0, 0.05) is 21.8 Å². The monoisotopic (exact) mass is 371 g/mol. The Labute approximate surface area is 138 Å². The summed E-state index contributed by atoms with van der Waals surface area (Å²) in [4.78, 5) is 1.32. The van der Waals surface area contributed by atoms with E-state index in [-0.39, 0.29) is 0 Å². The van der Waals surface area contributed by atoms with Crippen LogP contribution in [0.2, 0.25) is 4.34 Å². The van der Waals surface area contributed by atoms with Gasteiger partial charge in [-0.2, -0.15) is 0 Å². The molecular weight excluding hydrogens is 354 g/mol. The maximum atomic E-state index is 6.04. The highest BCUT2D eigenvalue weighted by Gasteiger charge is 2.15. The van der Waals surface area contributed by atoms with E-state index in [0.717, 1.165) is 28.2 Å². The molecule has 0 fully saturated rings. The topological polar surface area (TPSA) is 12.0 Å². The molecular formula is C16H19BrClNS. The van der Waals surface area contributed by atoms with Gasteiger partial charge in [-0.3, -0.25) is 0 Å². The van der Waals surface area contributed by atoms with Gasteiger partial charge >= 0.3 is 0 Å². The van der Waals surface area contributed by atoms with Gasteiger partial charge in [-0.05, 0) is 55.3 Å². The molecule has 1 heterocycles. The van der Waals surface area contributed by atoms with Crippen LogP contribution >= 0.6 is 38.9 Å². The van der Waals surface area contributed by atoms with Crippen LogP contribution in [-0.2, 0) is 6.42 Å². The highest BCUT2D eigenvalue weighted by molar-refractivity contribution is 9.10. The van der Waals surface area contributed by atoms with E-state index in [1.54, 1.807) is 11.3 Å². The van der Waals surface area contributed by atoms with Crippen molar-refractivity contribution in [2.45, 2.75) is 32.7 Å². The van der Waals surface area contributed by atoms with Crippen LogP contribution in [0.1, 0.15) is 35.4 Å². The lowest BCUT2D eigenvalue weighted by Crippen LogP contribution is -2.24. The lowest BCUT2D eigenvalue weighted by atomic mass is 9.98. The minimum atomic E-state index is 0.335. The Morgan fingerprint density at radius 3 is 2.75 bits per heavy atom. The van der Waals surface area contributed by atoms with Crippen molar-refractivity contribution in [2.75, 3.05) is 6.54 Å². The SMILES string of the molecule is CCCNC(Cc1ccc(Cl)s1)c1cc(Br)ccc1C. The molecule has 0 saturated heterocycles. The van der Waals surface area contributed by atoms with Gasteiger partial charge < -0.3 is 5.32 Å². The van der Waals surface area contributed by atoms with Gasteiger partial charge in [0.2, 0.25) is 0 Å². The third kappa shape index (κ3) is 4.32. The predicted octanol–water partition coefficient (Wildman–Crippen LogP) is 5.76. The van der Waals surface area contributed by atoms with Crippen molar-refractivity contribution in [1.29, 1.82) is 0 Å². The summed E-state index contributed by atoms with van der Waals surface area (Å²) < 4.78 is 1.99. The Kier molecular flexibility index (Phi) is 6.09. The Morgan fingerprint density at radius 1 is 1.30 bits per heavy atom. The fourth-order valence-electron chi connectivity index (χ4n) is 2.26. The third-order valence-electron chi connectivity index (χ3n) is 3.29. The molecule has 1 unspecified atom stereocenters. The molecule has 20 heavy (non-hydrogen) atoms. The Morgan fingerprint density at radius 2 is 2.10 bits per heavy atom. The zero-order valence-electron chi connectivity index (χ0n) is 11.7. The second kappa shape index (κ2) is 7.60. The Bertz CT molecular complexity index is 567. The molecule has 1 aromatic carbocycles. The highest BCUT2D eigenvalue weighted by atomic mass is 79.9. The molecule has 4 heteroatoms. The van der Waals surface area contributed by atoms with Crippen LogP contribution in [0.25, 0.3) is 0 Å². The first kappa shape index (κ1) is 16.0. The van der Waals surface area contributed by atoms with Crippen molar-refractivity contribution >= 4 is 38.9 Å². The first-order valence-corrected chi connectivity index (χ1v) is 8.82. The van der Waals surface area contributed by atoms with Gasteiger partial charge in [0.1, 0.15) is 0 Å².